The highest BCUT2D eigenvalue weighted by Gasteiger charge is 2.48. The highest BCUT2D eigenvalue weighted by molar-refractivity contribution is 6.86. The molecule has 0 aliphatic heterocycles. The predicted octanol–water partition coefficient (Wildman–Crippen LogP) is 8.45. The third-order valence-electron chi connectivity index (χ3n) is 6.70. The first-order valence-corrected chi connectivity index (χ1v) is 13.8. The lowest BCUT2D eigenvalue weighted by Crippen LogP contribution is -2.47. The summed E-state index contributed by atoms with van der Waals surface area (Å²) in [5.41, 5.74) is 1.99. The van der Waals surface area contributed by atoms with Gasteiger partial charge in [0.2, 0.25) is 0 Å². The molecule has 0 aromatic rings. The van der Waals surface area contributed by atoms with E-state index in [2.05, 4.69) is 79.8 Å². The van der Waals surface area contributed by atoms with E-state index < -0.39 is 8.07 Å². The molecule has 0 saturated heterocycles. The highest BCUT2D eigenvalue weighted by atomic mass is 28.3. The minimum absolute atomic E-state index is 0.664. The Hall–Kier alpha value is -1.34. The van der Waals surface area contributed by atoms with Crippen LogP contribution in [-0.4, -0.2) is 8.07 Å². The van der Waals surface area contributed by atoms with Gasteiger partial charge in [0.25, 0.3) is 0 Å². The molecule has 1 heteroatoms. The van der Waals surface area contributed by atoms with Crippen LogP contribution in [0.2, 0.25) is 22.7 Å². The van der Waals surface area contributed by atoms with Crippen molar-refractivity contribution in [2.45, 2.75) is 87.4 Å². The Morgan fingerprint density at radius 3 is 1.33 bits per heavy atom. The second kappa shape index (κ2) is 10.9. The second-order valence-corrected chi connectivity index (χ2v) is 13.2. The molecule has 3 rings (SSSR count). The maximum Gasteiger partial charge on any atom is 0.0863 e. The lowest BCUT2D eigenvalue weighted by atomic mass is 10.1. The smallest absolute Gasteiger partial charge is 0.0844 e. The summed E-state index contributed by atoms with van der Waals surface area (Å²) in [5.74, 6) is 0. The van der Waals surface area contributed by atoms with Crippen LogP contribution in [0.15, 0.2) is 72.9 Å². The van der Waals surface area contributed by atoms with Crippen molar-refractivity contribution in [3.05, 3.63) is 72.9 Å². The van der Waals surface area contributed by atoms with Crippen LogP contribution >= 0.6 is 0 Å². The van der Waals surface area contributed by atoms with Crippen LogP contribution in [-0.2, 0) is 0 Å². The summed E-state index contributed by atoms with van der Waals surface area (Å²) < 4.78 is 0. The first kappa shape index (κ1) is 20.4. The summed E-state index contributed by atoms with van der Waals surface area (Å²) in [6.45, 7) is 2.31. The van der Waals surface area contributed by atoms with E-state index in [0.717, 1.165) is 19.3 Å². The first-order valence-electron chi connectivity index (χ1n) is 11.4. The maximum atomic E-state index is 2.57. The number of hydrogen-bond donors (Lipinski definition) is 0. The first-order chi connectivity index (χ1) is 13.4. The molecule has 0 saturated carbocycles. The number of rotatable bonds is 10. The average molecular weight is 379 g/mol. The summed E-state index contributed by atoms with van der Waals surface area (Å²) >= 11 is 0. The molecule has 0 radical (unpaired) electrons. The zero-order valence-corrected chi connectivity index (χ0v) is 18.2. The monoisotopic (exact) mass is 378 g/mol. The van der Waals surface area contributed by atoms with Crippen LogP contribution in [0.3, 0.4) is 0 Å². The van der Waals surface area contributed by atoms with E-state index in [-0.39, 0.29) is 0 Å². The van der Waals surface area contributed by atoms with E-state index in [4.69, 9.17) is 0 Å². The Bertz CT molecular complexity index is 506. The fraction of sp³-hybridized carbons (Fsp3) is 0.538. The zero-order valence-electron chi connectivity index (χ0n) is 17.2. The summed E-state index contributed by atoms with van der Waals surface area (Å²) in [6, 6.07) is 1.44. The molecule has 0 spiro atoms. The van der Waals surface area contributed by atoms with E-state index in [1.807, 2.05) is 0 Å². The van der Waals surface area contributed by atoms with Gasteiger partial charge in [-0.3, -0.25) is 0 Å². The van der Waals surface area contributed by atoms with Crippen LogP contribution in [0.5, 0.6) is 0 Å². The highest BCUT2D eigenvalue weighted by Crippen LogP contribution is 2.52. The molecule has 0 atom stereocenters. The van der Waals surface area contributed by atoms with E-state index in [1.54, 1.807) is 0 Å². The van der Waals surface area contributed by atoms with E-state index in [9.17, 15) is 0 Å². The number of hydrogen-bond acceptors (Lipinski definition) is 0. The van der Waals surface area contributed by atoms with Crippen LogP contribution in [0.4, 0.5) is 0 Å². The Labute approximate surface area is 168 Å². The summed E-state index contributed by atoms with van der Waals surface area (Å²) in [4.78, 5) is 0. The second-order valence-electron chi connectivity index (χ2n) is 8.48. The van der Waals surface area contributed by atoms with Crippen molar-refractivity contribution >= 4 is 8.07 Å². The van der Waals surface area contributed by atoms with Gasteiger partial charge in [0.05, 0.1) is 8.07 Å². The van der Waals surface area contributed by atoms with Crippen molar-refractivity contribution < 1.29 is 0 Å². The van der Waals surface area contributed by atoms with Gasteiger partial charge in [0.1, 0.15) is 0 Å². The fourth-order valence-corrected chi connectivity index (χ4v) is 11.4. The van der Waals surface area contributed by atoms with Crippen molar-refractivity contribution in [3.8, 4) is 0 Å². The Morgan fingerprint density at radius 2 is 0.926 bits per heavy atom. The number of unbranched alkanes of at least 4 members (excludes halogenated alkanes) is 5. The quantitative estimate of drug-likeness (QED) is 0.203. The Morgan fingerprint density at radius 1 is 0.556 bits per heavy atom. The molecular weight excluding hydrogens is 340 g/mol. The summed E-state index contributed by atoms with van der Waals surface area (Å²) in [7, 11) is -1.68. The van der Waals surface area contributed by atoms with Gasteiger partial charge in [-0.1, -0.05) is 124 Å². The van der Waals surface area contributed by atoms with Crippen LogP contribution in [0, 0.1) is 0 Å². The molecule has 0 heterocycles. The van der Waals surface area contributed by atoms with Gasteiger partial charge in [-0.2, -0.15) is 0 Å². The lowest BCUT2D eigenvalue weighted by molar-refractivity contribution is 0.620. The molecule has 0 nitrogen and oxygen atoms in total. The van der Waals surface area contributed by atoms with Crippen molar-refractivity contribution in [2.75, 3.05) is 0 Å². The van der Waals surface area contributed by atoms with Crippen molar-refractivity contribution in [3.63, 3.8) is 0 Å². The van der Waals surface area contributed by atoms with Gasteiger partial charge in [-0.15, -0.1) is 0 Å². The molecule has 27 heavy (non-hydrogen) atoms. The van der Waals surface area contributed by atoms with E-state index >= 15 is 0 Å². The van der Waals surface area contributed by atoms with Crippen LogP contribution in [0.1, 0.15) is 64.7 Å². The standard InChI is InChI=1S/C26H38Si/c1-2-3-4-5-6-16-23-27(24-17-10-7-11-18-24,25-19-12-8-13-20-25)26-21-14-9-15-22-26/h10-15,17-22,24-26H,2-9,16,23H2,1H3. The fourth-order valence-electron chi connectivity index (χ4n) is 5.23. The van der Waals surface area contributed by atoms with Gasteiger partial charge in [-0.25, -0.2) is 0 Å². The van der Waals surface area contributed by atoms with Gasteiger partial charge < -0.3 is 0 Å². The molecular formula is C26H38Si. The SMILES string of the molecule is CCCCCCCC[Si](C1C=CCC=C1)(C1C=CCC=C1)C1C=CCC=C1. The third kappa shape index (κ3) is 5.13. The lowest BCUT2D eigenvalue weighted by Gasteiger charge is -2.46. The molecule has 146 valence electrons. The average Bonchev–Trinajstić information content (AvgIpc) is 2.75. The molecule has 0 fully saturated rings. The molecule has 0 amide bonds. The van der Waals surface area contributed by atoms with Crippen molar-refractivity contribution in [1.82, 2.24) is 0 Å². The molecule has 3 aliphatic carbocycles. The van der Waals surface area contributed by atoms with Crippen LogP contribution in [0.25, 0.3) is 0 Å². The molecule has 0 N–H and O–H groups in total. The van der Waals surface area contributed by atoms with Gasteiger partial charge in [0, 0.05) is 0 Å². The van der Waals surface area contributed by atoms with Crippen molar-refractivity contribution in [2.24, 2.45) is 0 Å². The minimum Gasteiger partial charge on any atom is -0.0844 e. The van der Waals surface area contributed by atoms with Gasteiger partial charge >= 0.3 is 0 Å². The predicted molar refractivity (Wildman–Crippen MR) is 124 cm³/mol. The van der Waals surface area contributed by atoms with Crippen molar-refractivity contribution in [1.29, 1.82) is 0 Å². The molecule has 0 aromatic heterocycles. The maximum absolute atomic E-state index is 2.57. The summed E-state index contributed by atoms with van der Waals surface area (Å²) in [6.07, 6.45) is 41.6. The largest absolute Gasteiger partial charge is 0.0863 e. The normalized spacial score (nSPS) is 20.8. The van der Waals surface area contributed by atoms with Crippen LogP contribution < -0.4 is 0 Å². The van der Waals surface area contributed by atoms with Gasteiger partial charge in [-0.05, 0) is 35.9 Å². The Kier molecular flexibility index (Phi) is 8.20. The molecule has 0 unspecified atom stereocenters. The Balaban J connectivity index is 1.85. The zero-order chi connectivity index (χ0) is 18.8. The molecule has 0 aromatic carbocycles. The molecule has 0 bridgehead atoms. The summed E-state index contributed by atoms with van der Waals surface area (Å²) in [5, 5.41) is 0. The topological polar surface area (TPSA) is 0 Å². The minimum atomic E-state index is -1.68. The van der Waals surface area contributed by atoms with E-state index in [0.29, 0.717) is 16.6 Å². The molecule has 3 aliphatic rings. The third-order valence-corrected chi connectivity index (χ3v) is 12.8. The van der Waals surface area contributed by atoms with Gasteiger partial charge in [0.15, 0.2) is 0 Å². The van der Waals surface area contributed by atoms with E-state index in [1.165, 1.54) is 44.6 Å². The number of allylic oxidation sites excluding steroid dienone is 12.